The van der Waals surface area contributed by atoms with Gasteiger partial charge in [0.25, 0.3) is 0 Å². The second-order valence-electron chi connectivity index (χ2n) is 5.50. The van der Waals surface area contributed by atoms with Gasteiger partial charge in [-0.2, -0.15) is 0 Å². The molecule has 2 N–H and O–H groups in total. The molecule has 0 spiro atoms. The van der Waals surface area contributed by atoms with Crippen LogP contribution in [0.2, 0.25) is 10.0 Å². The Morgan fingerprint density at radius 1 is 1.26 bits per heavy atom. The highest BCUT2D eigenvalue weighted by Gasteiger charge is 2.22. The van der Waals surface area contributed by atoms with Crippen molar-refractivity contribution < 1.29 is 0 Å². The number of rotatable bonds is 3. The molecular weight excluding hydrogens is 279 g/mol. The Morgan fingerprint density at radius 2 is 2.05 bits per heavy atom. The minimum Gasteiger partial charge on any atom is -0.329 e. The van der Waals surface area contributed by atoms with Crippen molar-refractivity contribution in [2.75, 3.05) is 19.6 Å². The van der Waals surface area contributed by atoms with Crippen molar-refractivity contribution in [3.05, 3.63) is 33.8 Å². The highest BCUT2D eigenvalue weighted by atomic mass is 35.5. The van der Waals surface area contributed by atoms with Gasteiger partial charge in [0.15, 0.2) is 0 Å². The average molecular weight is 301 g/mol. The van der Waals surface area contributed by atoms with Crippen LogP contribution in [-0.4, -0.2) is 24.5 Å². The number of benzene rings is 1. The maximum Gasteiger partial charge on any atom is 0.0595 e. The predicted molar refractivity (Wildman–Crippen MR) is 82.8 cm³/mol. The summed E-state index contributed by atoms with van der Waals surface area (Å²) in [5.74, 6) is 0.817. The molecular formula is C15H22Cl2N2. The van der Waals surface area contributed by atoms with Crippen molar-refractivity contribution in [3.63, 3.8) is 0 Å². The van der Waals surface area contributed by atoms with Gasteiger partial charge in [-0.05, 0) is 56.0 Å². The molecule has 2 atom stereocenters. The molecule has 1 heterocycles. The van der Waals surface area contributed by atoms with Crippen molar-refractivity contribution in [3.8, 4) is 0 Å². The SMILES string of the molecule is CC1CCCN(C(CN)c2ccc(Cl)c(Cl)c2)CC1. The summed E-state index contributed by atoms with van der Waals surface area (Å²) in [5, 5.41) is 1.21. The molecule has 1 fully saturated rings. The van der Waals surface area contributed by atoms with E-state index in [9.17, 15) is 0 Å². The molecule has 0 aromatic heterocycles. The molecule has 0 radical (unpaired) electrons. The first-order valence-corrected chi connectivity index (χ1v) is 7.76. The molecule has 1 aromatic rings. The fraction of sp³-hybridized carbons (Fsp3) is 0.600. The molecule has 4 heteroatoms. The average Bonchev–Trinajstić information content (AvgIpc) is 2.60. The van der Waals surface area contributed by atoms with E-state index >= 15 is 0 Å². The first kappa shape index (κ1) is 15.1. The van der Waals surface area contributed by atoms with E-state index in [1.54, 1.807) is 0 Å². The summed E-state index contributed by atoms with van der Waals surface area (Å²) in [7, 11) is 0. The molecule has 2 nitrogen and oxygen atoms in total. The Labute approximate surface area is 125 Å². The third-order valence-electron chi connectivity index (χ3n) is 4.04. The number of nitrogens with zero attached hydrogens (tertiary/aromatic N) is 1. The van der Waals surface area contributed by atoms with Gasteiger partial charge in [-0.3, -0.25) is 4.90 Å². The van der Waals surface area contributed by atoms with Gasteiger partial charge in [0.2, 0.25) is 0 Å². The van der Waals surface area contributed by atoms with Gasteiger partial charge in [-0.1, -0.05) is 36.2 Å². The Kier molecular flexibility index (Phi) is 5.52. The normalized spacial score (nSPS) is 23.1. The minimum atomic E-state index is 0.250. The van der Waals surface area contributed by atoms with Gasteiger partial charge in [0.05, 0.1) is 10.0 Å². The monoisotopic (exact) mass is 300 g/mol. The van der Waals surface area contributed by atoms with Crippen molar-refractivity contribution in [1.82, 2.24) is 4.90 Å². The summed E-state index contributed by atoms with van der Waals surface area (Å²) in [6.45, 7) is 5.18. The smallest absolute Gasteiger partial charge is 0.0595 e. The van der Waals surface area contributed by atoms with Crippen LogP contribution in [0.1, 0.15) is 37.8 Å². The van der Waals surface area contributed by atoms with E-state index in [0.717, 1.165) is 19.0 Å². The van der Waals surface area contributed by atoms with Crippen molar-refractivity contribution in [1.29, 1.82) is 0 Å². The molecule has 0 saturated carbocycles. The van der Waals surface area contributed by atoms with E-state index in [2.05, 4.69) is 11.8 Å². The number of nitrogens with two attached hydrogens (primary N) is 1. The molecule has 19 heavy (non-hydrogen) atoms. The summed E-state index contributed by atoms with van der Waals surface area (Å²) in [6, 6.07) is 6.11. The maximum absolute atomic E-state index is 6.12. The molecule has 0 aliphatic carbocycles. The summed E-state index contributed by atoms with van der Waals surface area (Å²) >= 11 is 12.1. The number of likely N-dealkylation sites (tertiary alicyclic amines) is 1. The highest BCUT2D eigenvalue weighted by molar-refractivity contribution is 6.42. The minimum absolute atomic E-state index is 0.250. The van der Waals surface area contributed by atoms with Gasteiger partial charge in [0, 0.05) is 12.6 Å². The zero-order chi connectivity index (χ0) is 13.8. The predicted octanol–water partition coefficient (Wildman–Crippen LogP) is 4.12. The standard InChI is InChI=1S/C15H22Cl2N2/c1-11-3-2-7-19(8-6-11)15(10-18)12-4-5-13(16)14(17)9-12/h4-5,9,11,15H,2-3,6-8,10,18H2,1H3. The van der Waals surface area contributed by atoms with Crippen molar-refractivity contribution in [2.45, 2.75) is 32.2 Å². The first-order valence-electron chi connectivity index (χ1n) is 7.01. The molecule has 2 rings (SSSR count). The van der Waals surface area contributed by atoms with Crippen LogP contribution in [0.15, 0.2) is 18.2 Å². The first-order chi connectivity index (χ1) is 9.11. The van der Waals surface area contributed by atoms with Crippen molar-refractivity contribution in [2.24, 2.45) is 11.7 Å². The molecule has 0 amide bonds. The molecule has 0 bridgehead atoms. The summed E-state index contributed by atoms with van der Waals surface area (Å²) in [5.41, 5.74) is 7.16. The third-order valence-corrected chi connectivity index (χ3v) is 4.78. The van der Waals surface area contributed by atoms with Crippen LogP contribution in [0, 0.1) is 5.92 Å². The largest absolute Gasteiger partial charge is 0.329 e. The van der Waals surface area contributed by atoms with Crippen LogP contribution in [-0.2, 0) is 0 Å². The lowest BCUT2D eigenvalue weighted by molar-refractivity contribution is 0.207. The number of halogens is 2. The number of hydrogen-bond donors (Lipinski definition) is 1. The lowest BCUT2D eigenvalue weighted by atomic mass is 10.0. The molecule has 1 aliphatic rings. The van der Waals surface area contributed by atoms with E-state index in [4.69, 9.17) is 28.9 Å². The van der Waals surface area contributed by atoms with Gasteiger partial charge >= 0.3 is 0 Å². The Hall–Kier alpha value is -0.280. The molecule has 1 aromatic carbocycles. The molecule has 106 valence electrons. The lowest BCUT2D eigenvalue weighted by Gasteiger charge is -2.30. The van der Waals surface area contributed by atoms with Crippen LogP contribution in [0.3, 0.4) is 0 Å². The zero-order valence-electron chi connectivity index (χ0n) is 11.4. The van der Waals surface area contributed by atoms with E-state index in [0.29, 0.717) is 16.6 Å². The van der Waals surface area contributed by atoms with Gasteiger partial charge in [0.1, 0.15) is 0 Å². The zero-order valence-corrected chi connectivity index (χ0v) is 12.9. The highest BCUT2D eigenvalue weighted by Crippen LogP contribution is 2.30. The van der Waals surface area contributed by atoms with Crippen LogP contribution in [0.4, 0.5) is 0 Å². The Balaban J connectivity index is 2.16. The second-order valence-corrected chi connectivity index (χ2v) is 6.31. The van der Waals surface area contributed by atoms with E-state index in [1.165, 1.54) is 24.8 Å². The third kappa shape index (κ3) is 3.85. The van der Waals surface area contributed by atoms with Gasteiger partial charge in [-0.25, -0.2) is 0 Å². The summed E-state index contributed by atoms with van der Waals surface area (Å²) in [4.78, 5) is 2.49. The van der Waals surface area contributed by atoms with Crippen molar-refractivity contribution >= 4 is 23.2 Å². The fourth-order valence-corrected chi connectivity index (χ4v) is 3.12. The topological polar surface area (TPSA) is 29.3 Å². The molecule has 2 unspecified atom stereocenters. The maximum atomic E-state index is 6.12. The second kappa shape index (κ2) is 6.94. The Morgan fingerprint density at radius 3 is 2.74 bits per heavy atom. The Bertz CT molecular complexity index is 423. The van der Waals surface area contributed by atoms with Gasteiger partial charge < -0.3 is 5.73 Å². The van der Waals surface area contributed by atoms with E-state index in [-0.39, 0.29) is 6.04 Å². The molecule has 1 aliphatic heterocycles. The molecule has 1 saturated heterocycles. The van der Waals surface area contributed by atoms with Crippen LogP contribution in [0.25, 0.3) is 0 Å². The summed E-state index contributed by atoms with van der Waals surface area (Å²) < 4.78 is 0. The van der Waals surface area contributed by atoms with Gasteiger partial charge in [-0.15, -0.1) is 0 Å². The van der Waals surface area contributed by atoms with E-state index in [1.807, 2.05) is 18.2 Å². The fourth-order valence-electron chi connectivity index (χ4n) is 2.81. The van der Waals surface area contributed by atoms with Crippen LogP contribution < -0.4 is 5.73 Å². The lowest BCUT2D eigenvalue weighted by Crippen LogP contribution is -2.34. The quantitative estimate of drug-likeness (QED) is 0.910. The van der Waals surface area contributed by atoms with Crippen LogP contribution in [0.5, 0.6) is 0 Å². The van der Waals surface area contributed by atoms with Crippen LogP contribution >= 0.6 is 23.2 Å². The van der Waals surface area contributed by atoms with E-state index < -0.39 is 0 Å². The number of hydrogen-bond acceptors (Lipinski definition) is 2. The summed E-state index contributed by atoms with van der Waals surface area (Å²) in [6.07, 6.45) is 3.81.